The monoisotopic (exact) mass is 1650 g/mol. The number of carboxylic acids is 1. The Morgan fingerprint density at radius 3 is 2.00 bits per heavy atom. The number of aliphatic hydroxyl groups excluding tert-OH is 6. The summed E-state index contributed by atoms with van der Waals surface area (Å²) in [7, 11) is 1.47. The number of phenols is 3. The van der Waals surface area contributed by atoms with Crippen LogP contribution in [-0.4, -0.2) is 209 Å². The van der Waals surface area contributed by atoms with Crippen molar-refractivity contribution in [2.45, 2.75) is 156 Å². The molecule has 7 aromatic rings. The van der Waals surface area contributed by atoms with Gasteiger partial charge in [-0.2, -0.15) is 0 Å². The molecule has 18 atom stereocenters. The molecule has 35 nitrogen and oxygen atoms in total. The highest BCUT2D eigenvalue weighted by Crippen LogP contribution is 2.50. The number of hydrogen-bond donors (Lipinski definition) is 20. The van der Waals surface area contributed by atoms with Crippen LogP contribution in [0.25, 0.3) is 22.0 Å². The largest absolute Gasteiger partial charge is 0.508 e. The SMILES string of the molecule is CN[C@H](CC(C)C)C(=O)N[C@H]1C(=O)N[C@@H](CC(N)=O)C(=O)N[C@H]2C(=O)N[C@H]3C(=O)N[C@H](C(=O)N[C@@H](C(=O)O)c4cc(O)cc(O)c4-c4cc3ccc4O)[C@H](O)c3ccc(c(Cl)c3)Oc3cc2cc(c3OC2OC(CO)C(O)C(O)C2OC2CC(C)(NCCNc3ccnc4cc(Cl)ccc34)C(O)C(C)O2)Oc2ccc(cc2Cl)[C@H]1O. The molecule has 0 spiro atoms. The van der Waals surface area contributed by atoms with Gasteiger partial charge >= 0.3 is 5.97 Å². The van der Waals surface area contributed by atoms with Crippen molar-refractivity contribution in [1.29, 1.82) is 0 Å². The Morgan fingerprint density at radius 1 is 0.704 bits per heavy atom. The van der Waals surface area contributed by atoms with Crippen LogP contribution in [0, 0.1) is 5.92 Å². The van der Waals surface area contributed by atoms with Gasteiger partial charge in [0.1, 0.15) is 89.5 Å². The van der Waals surface area contributed by atoms with E-state index in [1.54, 1.807) is 38.2 Å². The van der Waals surface area contributed by atoms with E-state index in [1.165, 1.54) is 19.2 Å². The van der Waals surface area contributed by atoms with E-state index in [4.69, 9.17) is 69.0 Å². The minimum Gasteiger partial charge on any atom is -0.508 e. The Balaban J connectivity index is 1.03. The molecule has 0 radical (unpaired) electrons. The minimum absolute atomic E-state index is 0.108. The van der Waals surface area contributed by atoms with Crippen LogP contribution in [0.4, 0.5) is 5.69 Å². The van der Waals surface area contributed by atoms with E-state index in [0.717, 1.165) is 77.8 Å². The predicted octanol–water partition coefficient (Wildman–Crippen LogP) is 3.05. The molecule has 14 rings (SSSR count). The van der Waals surface area contributed by atoms with Gasteiger partial charge < -0.3 is 133 Å². The Morgan fingerprint density at radius 2 is 1.36 bits per heavy atom. The van der Waals surface area contributed by atoms with E-state index in [9.17, 15) is 75.0 Å². The normalized spacial score (nSPS) is 27.3. The molecule has 9 unspecified atom stereocenters. The number of likely N-dealkylation sites (N-methyl/N-ethyl adjacent to an activating group) is 1. The van der Waals surface area contributed by atoms with Crippen LogP contribution in [0.2, 0.25) is 15.1 Å². The Bertz CT molecular complexity index is 4930. The summed E-state index contributed by atoms with van der Waals surface area (Å²) in [4.78, 5) is 122. The molecular weight excluding hydrogens is 1570 g/mol. The van der Waals surface area contributed by atoms with E-state index in [2.05, 4.69) is 52.8 Å². The number of primary amides is 1. The summed E-state index contributed by atoms with van der Waals surface area (Å²) >= 11 is 20.5. The first kappa shape index (κ1) is 83.9. The second-order valence-electron chi connectivity index (χ2n) is 29.0. The molecule has 2 fully saturated rings. The number of nitrogens with zero attached hydrogens (tertiary/aromatic N) is 1. The fourth-order valence-corrected chi connectivity index (χ4v) is 15.1. The number of pyridine rings is 1. The molecule has 2 saturated heterocycles. The number of aliphatic hydroxyl groups is 6. The van der Waals surface area contributed by atoms with Gasteiger partial charge in [0.15, 0.2) is 29.9 Å². The number of benzene rings is 6. The highest BCUT2D eigenvalue weighted by atomic mass is 35.5. The van der Waals surface area contributed by atoms with Crippen LogP contribution in [0.5, 0.6) is 46.0 Å². The number of ether oxygens (including phenoxy) is 6. The summed E-state index contributed by atoms with van der Waals surface area (Å²) in [6, 6.07) is 6.36. The van der Waals surface area contributed by atoms with Crippen LogP contribution >= 0.6 is 34.8 Å². The zero-order valence-electron chi connectivity index (χ0n) is 61.9. The Kier molecular flexibility index (Phi) is 25.5. The second kappa shape index (κ2) is 34.9. The van der Waals surface area contributed by atoms with E-state index in [-0.39, 0.29) is 52.8 Å². The molecule has 11 bridgehead atoms. The smallest absolute Gasteiger partial charge is 0.330 e. The average Bonchev–Trinajstić information content (AvgIpc) is 0.767. The van der Waals surface area contributed by atoms with Crippen molar-refractivity contribution < 1.29 is 118 Å². The molecule has 0 aliphatic carbocycles. The lowest BCUT2D eigenvalue weighted by molar-refractivity contribution is -0.334. The molecule has 612 valence electrons. The fraction of sp³-hybridized carbons (Fsp3) is 0.390. The van der Waals surface area contributed by atoms with Gasteiger partial charge in [0.2, 0.25) is 53.4 Å². The zero-order valence-corrected chi connectivity index (χ0v) is 64.1. The third kappa shape index (κ3) is 18.1. The summed E-state index contributed by atoms with van der Waals surface area (Å²) in [5, 5.41) is 141. The average molecular weight is 1650 g/mol. The zero-order chi connectivity index (χ0) is 82.9. The number of phenolic OH excluding ortho intramolecular Hbond substituents is 3. The van der Waals surface area contributed by atoms with Gasteiger partial charge in [0, 0.05) is 70.1 Å². The molecule has 38 heteroatoms. The number of nitrogens with two attached hydrogens (primary N) is 1. The highest BCUT2D eigenvalue weighted by molar-refractivity contribution is 6.32. The highest BCUT2D eigenvalue weighted by Gasteiger charge is 2.52. The van der Waals surface area contributed by atoms with Gasteiger partial charge in [0.25, 0.3) is 0 Å². The van der Waals surface area contributed by atoms with Crippen LogP contribution in [0.15, 0.2) is 109 Å². The van der Waals surface area contributed by atoms with Crippen LogP contribution < -0.4 is 67.8 Å². The molecule has 8 heterocycles. The Hall–Kier alpha value is -10.5. The number of carbonyl (C=O) groups excluding carboxylic acids is 7. The number of fused-ring (bicyclic) bond motifs is 16. The van der Waals surface area contributed by atoms with Crippen molar-refractivity contribution in [3.63, 3.8) is 0 Å². The number of aromatic hydroxyl groups is 3. The third-order valence-electron chi connectivity index (χ3n) is 20.4. The van der Waals surface area contributed by atoms with E-state index < -0.39 is 237 Å². The van der Waals surface area contributed by atoms with Crippen molar-refractivity contribution in [2.24, 2.45) is 11.7 Å². The van der Waals surface area contributed by atoms with Crippen molar-refractivity contribution >= 4 is 98.7 Å². The van der Waals surface area contributed by atoms with Gasteiger partial charge in [-0.1, -0.05) is 66.8 Å². The van der Waals surface area contributed by atoms with Crippen LogP contribution in [0.1, 0.15) is 105 Å². The number of halogens is 3. The summed E-state index contributed by atoms with van der Waals surface area (Å²) in [5.74, 6) is -16.1. The van der Waals surface area contributed by atoms with Crippen molar-refractivity contribution in [1.82, 2.24) is 47.5 Å². The van der Waals surface area contributed by atoms with E-state index in [1.807, 2.05) is 19.9 Å². The fourth-order valence-electron chi connectivity index (χ4n) is 14.5. The minimum atomic E-state index is -2.37. The number of hydrogen-bond acceptors (Lipinski definition) is 27. The maximum Gasteiger partial charge on any atom is 0.330 e. The predicted molar refractivity (Wildman–Crippen MR) is 408 cm³/mol. The van der Waals surface area contributed by atoms with E-state index in [0.29, 0.717) is 17.1 Å². The number of aromatic nitrogens is 1. The standard InChI is InChI=1S/C77H84Cl3N11O24/c1-30(2)18-45(82-5)69(102)90-60-62(97)33-7-12-49(41(79)20-33)111-51-22-35-23-52(66(51)115-76-67(65(100)64(99)53(29-92)113-76)114-55-28-77(4,68(101)31(3)110-55)85-17-16-84-43-14-15-83-44-24-36(78)9-10-38(43)44)112-50-13-8-34(21-42(50)80)63(98)61-74(107)89-59(75(108)109)40-25-37(93)26-48(95)56(40)39-19-32(6-11-47(39)94)57(71(104)91-61)88-72(105)58(35)87-70(103)46(27-54(81)96)86-73(60)106/h6-15,19-26,30-31,45-46,53,55,57-65,67-68,76,82,85,92-95,97-101H,16-18,27-29H2,1-5H3,(H2,81,96)(H,83,84)(H,86,106)(H,87,103)(H,88,105)(H,89,107)(H,90,102)(H,91,104)(H,108,109)/t31?,45-,46+,53?,55?,57-,58-,59-,60-,61+,62-,63-,64?,65?,67?,68?,76?,77?/m1/s1. The van der Waals surface area contributed by atoms with Crippen LogP contribution in [0.3, 0.4) is 0 Å². The molecule has 1 aromatic heterocycles. The van der Waals surface area contributed by atoms with Crippen molar-refractivity contribution in [2.75, 3.05) is 32.1 Å². The van der Waals surface area contributed by atoms with Crippen molar-refractivity contribution in [3.05, 3.63) is 152 Å². The second-order valence-corrected chi connectivity index (χ2v) is 30.3. The molecule has 115 heavy (non-hydrogen) atoms. The molecule has 7 amide bonds. The maximum absolute atomic E-state index is 16.2. The van der Waals surface area contributed by atoms with Crippen LogP contribution in [-0.2, 0) is 52.6 Å². The number of nitrogens with one attached hydrogen (secondary N) is 9. The summed E-state index contributed by atoms with van der Waals surface area (Å²) in [6.45, 7) is 6.45. The third-order valence-corrected chi connectivity index (χ3v) is 21.2. The van der Waals surface area contributed by atoms with Gasteiger partial charge in [-0.05, 0) is 134 Å². The number of carbonyl (C=O) groups is 8. The lowest BCUT2D eigenvalue weighted by Crippen LogP contribution is -2.65. The first-order chi connectivity index (χ1) is 54.6. The molecule has 0 saturated carbocycles. The van der Waals surface area contributed by atoms with Gasteiger partial charge in [-0.25, -0.2) is 4.79 Å². The number of aliphatic carboxylic acids is 1. The van der Waals surface area contributed by atoms with Crippen molar-refractivity contribution in [3.8, 4) is 57.1 Å². The summed E-state index contributed by atoms with van der Waals surface area (Å²) in [5.41, 5.74) is 3.05. The maximum atomic E-state index is 16.2. The van der Waals surface area contributed by atoms with Gasteiger partial charge in [0.05, 0.1) is 46.8 Å². The molecular formula is C77H84Cl3N11O24. The summed E-state index contributed by atoms with van der Waals surface area (Å²) < 4.78 is 39.4. The van der Waals surface area contributed by atoms with Gasteiger partial charge in [-0.3, -0.25) is 38.5 Å². The molecule has 21 N–H and O–H groups in total. The number of carboxylic acid groups (broad SMARTS) is 1. The van der Waals surface area contributed by atoms with E-state index >= 15 is 14.4 Å². The Labute approximate surface area is 670 Å². The quantitative estimate of drug-likeness (QED) is 0.0549. The summed E-state index contributed by atoms with van der Waals surface area (Å²) in [6.07, 6.45) is -17.1. The number of anilines is 1. The molecule has 7 aliphatic rings. The first-order valence-corrected chi connectivity index (χ1v) is 37.5. The van der Waals surface area contributed by atoms with Gasteiger partial charge in [-0.15, -0.1) is 0 Å². The lowest BCUT2D eigenvalue weighted by Gasteiger charge is -2.48. The molecule has 6 aromatic carbocycles. The number of amides is 7. The lowest BCUT2D eigenvalue weighted by atomic mass is 9.85. The topological polar surface area (TPSA) is 541 Å². The molecule has 7 aliphatic heterocycles. The first-order valence-electron chi connectivity index (χ1n) is 36.3. The number of rotatable bonds is 18.